The van der Waals surface area contributed by atoms with Gasteiger partial charge in [-0.3, -0.25) is 14.6 Å². The van der Waals surface area contributed by atoms with Crippen molar-refractivity contribution >= 4 is 33.8 Å². The molecule has 1 atom stereocenters. The van der Waals surface area contributed by atoms with E-state index < -0.39 is 11.7 Å². The number of hydrogen-bond acceptors (Lipinski definition) is 7. The monoisotopic (exact) mass is 554 g/mol. The van der Waals surface area contributed by atoms with E-state index in [1.807, 2.05) is 65.5 Å². The molecule has 1 unspecified atom stereocenters. The number of pyridine rings is 1. The maximum atomic E-state index is 13.9. The van der Waals surface area contributed by atoms with Gasteiger partial charge in [0.05, 0.1) is 16.6 Å². The molecule has 1 saturated heterocycles. The Labute approximate surface area is 235 Å². The van der Waals surface area contributed by atoms with Crippen molar-refractivity contribution in [3.63, 3.8) is 0 Å². The summed E-state index contributed by atoms with van der Waals surface area (Å²) in [5.41, 5.74) is 1.78. The number of hydrazine groups is 1. The van der Waals surface area contributed by atoms with Gasteiger partial charge < -0.3 is 19.4 Å². The number of ether oxygens (including phenoxy) is 2. The molecule has 1 aliphatic heterocycles. The van der Waals surface area contributed by atoms with E-state index in [1.54, 1.807) is 20.7 Å². The predicted molar refractivity (Wildman–Crippen MR) is 154 cm³/mol. The average Bonchev–Trinajstić information content (AvgIpc) is 3.25. The van der Waals surface area contributed by atoms with Crippen molar-refractivity contribution in [3.05, 3.63) is 39.8 Å². The van der Waals surface area contributed by atoms with Crippen LogP contribution in [0.3, 0.4) is 0 Å². The van der Waals surface area contributed by atoms with E-state index in [4.69, 9.17) is 14.6 Å². The fourth-order valence-corrected chi connectivity index (χ4v) is 5.22. The quantitative estimate of drug-likeness (QED) is 0.328. The molecule has 3 heterocycles. The Balaban J connectivity index is 1.77. The molecule has 2 aromatic heterocycles. The number of carbonyl (C=O) groups excluding carboxylic acids is 2. The molecule has 218 valence electrons. The van der Waals surface area contributed by atoms with Crippen LogP contribution >= 0.6 is 0 Å². The number of amides is 2. The van der Waals surface area contributed by atoms with Crippen molar-refractivity contribution in [2.75, 3.05) is 33.8 Å². The molecule has 2 amide bonds. The average molecular weight is 555 g/mol. The topological polar surface area (TPSA) is 111 Å². The maximum absolute atomic E-state index is 13.9. The van der Waals surface area contributed by atoms with Gasteiger partial charge in [0, 0.05) is 51.3 Å². The number of nitrogens with one attached hydrogen (secondary N) is 1. The standard InChI is InChI=1S/C29H42N6O5/c1-8-34(32(6)7)26(36)20-13-14-22-21(18-20)25-24(19(2)35(31-25)23-12-9-10-17-39-23)27(37)33(22)16-11-15-30-28(38)40-29(3,4)5/h13-14,18,23H,8-12,15-17H2,1-7H3,(H,30,38). The molecular weight excluding hydrogens is 512 g/mol. The molecule has 11 nitrogen and oxygen atoms in total. The Kier molecular flexibility index (Phi) is 8.84. The van der Waals surface area contributed by atoms with E-state index in [0.29, 0.717) is 54.6 Å². The lowest BCUT2D eigenvalue weighted by Crippen LogP contribution is -2.41. The number of benzene rings is 1. The van der Waals surface area contributed by atoms with E-state index in [1.165, 1.54) is 0 Å². The number of nitrogens with zero attached hydrogens (tertiary/aromatic N) is 5. The van der Waals surface area contributed by atoms with Gasteiger partial charge in [-0.2, -0.15) is 5.10 Å². The third kappa shape index (κ3) is 6.15. The summed E-state index contributed by atoms with van der Waals surface area (Å²) in [7, 11) is 3.66. The first-order chi connectivity index (χ1) is 18.9. The van der Waals surface area contributed by atoms with Crippen LogP contribution in [-0.4, -0.2) is 75.8 Å². The van der Waals surface area contributed by atoms with Crippen molar-refractivity contribution < 1.29 is 19.1 Å². The molecule has 0 saturated carbocycles. The van der Waals surface area contributed by atoms with Crippen LogP contribution in [0.1, 0.15) is 75.7 Å². The minimum Gasteiger partial charge on any atom is -0.444 e. The van der Waals surface area contributed by atoms with Crippen LogP contribution in [0, 0.1) is 6.92 Å². The molecule has 3 aromatic rings. The van der Waals surface area contributed by atoms with E-state index in [-0.39, 0.29) is 17.7 Å². The lowest BCUT2D eigenvalue weighted by atomic mass is 10.1. The number of rotatable bonds is 8. The molecule has 4 rings (SSSR count). The largest absolute Gasteiger partial charge is 0.444 e. The second-order valence-corrected chi connectivity index (χ2v) is 11.4. The van der Waals surface area contributed by atoms with Crippen LogP contribution in [0.2, 0.25) is 0 Å². The molecule has 1 aliphatic rings. The second kappa shape index (κ2) is 12.0. The molecule has 0 spiro atoms. The Hall–Kier alpha value is -3.44. The normalized spacial score (nSPS) is 16.1. The number of aromatic nitrogens is 3. The molecule has 1 N–H and O–H groups in total. The van der Waals surface area contributed by atoms with E-state index in [2.05, 4.69) is 5.32 Å². The van der Waals surface area contributed by atoms with Gasteiger partial charge in [-0.15, -0.1) is 0 Å². The lowest BCUT2D eigenvalue weighted by molar-refractivity contribution is -0.0402. The summed E-state index contributed by atoms with van der Waals surface area (Å²) in [6.07, 6.45) is 2.67. The number of alkyl carbamates (subject to hydrolysis) is 1. The summed E-state index contributed by atoms with van der Waals surface area (Å²) in [6.45, 7) is 11.2. The molecule has 0 bridgehead atoms. The van der Waals surface area contributed by atoms with Crippen LogP contribution in [0.15, 0.2) is 23.0 Å². The summed E-state index contributed by atoms with van der Waals surface area (Å²) in [6, 6.07) is 5.41. The van der Waals surface area contributed by atoms with Crippen LogP contribution in [-0.2, 0) is 16.0 Å². The fraction of sp³-hybridized carbons (Fsp3) is 0.586. The van der Waals surface area contributed by atoms with Crippen molar-refractivity contribution in [3.8, 4) is 0 Å². The SMILES string of the molecule is CCN(C(=O)c1ccc2c(c1)c1nn(C3CCCCO3)c(C)c1c(=O)n2CCCNC(=O)OC(C)(C)C)N(C)C. The van der Waals surface area contributed by atoms with Gasteiger partial charge in [0.1, 0.15) is 17.3 Å². The fourth-order valence-electron chi connectivity index (χ4n) is 5.22. The molecule has 0 aliphatic carbocycles. The van der Waals surface area contributed by atoms with Gasteiger partial charge in [0.15, 0.2) is 0 Å². The van der Waals surface area contributed by atoms with Crippen LogP contribution in [0.4, 0.5) is 4.79 Å². The first-order valence-corrected chi connectivity index (χ1v) is 14.1. The highest BCUT2D eigenvalue weighted by molar-refractivity contribution is 6.07. The summed E-state index contributed by atoms with van der Waals surface area (Å²) in [5.74, 6) is -0.131. The third-order valence-corrected chi connectivity index (χ3v) is 7.07. The highest BCUT2D eigenvalue weighted by atomic mass is 16.6. The number of aryl methyl sites for hydroxylation is 2. The molecule has 0 radical (unpaired) electrons. The highest BCUT2D eigenvalue weighted by Crippen LogP contribution is 2.30. The Morgan fingerprint density at radius 1 is 1.23 bits per heavy atom. The van der Waals surface area contributed by atoms with Crippen molar-refractivity contribution in [1.82, 2.24) is 29.7 Å². The lowest BCUT2D eigenvalue weighted by Gasteiger charge is -2.27. The van der Waals surface area contributed by atoms with Crippen LogP contribution < -0.4 is 10.9 Å². The van der Waals surface area contributed by atoms with Crippen molar-refractivity contribution in [2.24, 2.45) is 0 Å². The second-order valence-electron chi connectivity index (χ2n) is 11.4. The Morgan fingerprint density at radius 2 is 1.98 bits per heavy atom. The zero-order chi connectivity index (χ0) is 29.2. The number of hydrogen-bond donors (Lipinski definition) is 1. The van der Waals surface area contributed by atoms with E-state index >= 15 is 0 Å². The first kappa shape index (κ1) is 29.5. The summed E-state index contributed by atoms with van der Waals surface area (Å²) in [5, 5.41) is 12.3. The van der Waals surface area contributed by atoms with Gasteiger partial charge in [0.2, 0.25) is 0 Å². The predicted octanol–water partition coefficient (Wildman–Crippen LogP) is 4.21. The van der Waals surface area contributed by atoms with Gasteiger partial charge in [0.25, 0.3) is 11.5 Å². The molecule has 1 aromatic carbocycles. The van der Waals surface area contributed by atoms with Crippen molar-refractivity contribution in [2.45, 2.75) is 78.7 Å². The smallest absolute Gasteiger partial charge is 0.407 e. The summed E-state index contributed by atoms with van der Waals surface area (Å²) >= 11 is 0. The van der Waals surface area contributed by atoms with Crippen LogP contribution in [0.25, 0.3) is 21.8 Å². The van der Waals surface area contributed by atoms with Gasteiger partial charge in [-0.25, -0.2) is 14.5 Å². The van der Waals surface area contributed by atoms with Crippen LogP contribution in [0.5, 0.6) is 0 Å². The Morgan fingerprint density at radius 3 is 2.60 bits per heavy atom. The third-order valence-electron chi connectivity index (χ3n) is 7.07. The molecular formula is C29H42N6O5. The van der Waals surface area contributed by atoms with Crippen molar-refractivity contribution in [1.29, 1.82) is 0 Å². The minimum atomic E-state index is -0.586. The Bertz CT molecular complexity index is 1450. The van der Waals surface area contributed by atoms with Gasteiger partial charge in [-0.1, -0.05) is 0 Å². The zero-order valence-electron chi connectivity index (χ0n) is 24.7. The van der Waals surface area contributed by atoms with E-state index in [0.717, 1.165) is 30.3 Å². The van der Waals surface area contributed by atoms with Gasteiger partial charge in [-0.05, 0) is 78.5 Å². The summed E-state index contributed by atoms with van der Waals surface area (Å²) < 4.78 is 14.9. The zero-order valence-corrected chi connectivity index (χ0v) is 24.7. The number of carbonyl (C=O) groups is 2. The molecule has 1 fully saturated rings. The molecule has 11 heteroatoms. The summed E-state index contributed by atoms with van der Waals surface area (Å²) in [4.78, 5) is 39.4. The number of fused-ring (bicyclic) bond motifs is 3. The maximum Gasteiger partial charge on any atom is 0.407 e. The van der Waals surface area contributed by atoms with E-state index in [9.17, 15) is 14.4 Å². The first-order valence-electron chi connectivity index (χ1n) is 14.1. The molecule has 40 heavy (non-hydrogen) atoms. The highest BCUT2D eigenvalue weighted by Gasteiger charge is 2.25. The minimum absolute atomic E-state index is 0.131. The van der Waals surface area contributed by atoms with Gasteiger partial charge >= 0.3 is 6.09 Å².